The number of carbonyl (C=O) groups is 4. The van der Waals surface area contributed by atoms with Gasteiger partial charge in [0, 0.05) is 37.4 Å². The predicted molar refractivity (Wildman–Crippen MR) is 230 cm³/mol. The lowest BCUT2D eigenvalue weighted by Gasteiger charge is -2.35. The molecule has 1 aromatic carbocycles. The molecule has 3 saturated carbocycles. The first kappa shape index (κ1) is 44.1. The number of para-hydroxylation sites is 1. The lowest BCUT2D eigenvalue weighted by molar-refractivity contribution is -0.142. The second kappa shape index (κ2) is 17.2. The second-order valence-corrected chi connectivity index (χ2v) is 21.6. The summed E-state index contributed by atoms with van der Waals surface area (Å²) in [6.07, 6.45) is 5.84. The van der Waals surface area contributed by atoms with Crippen molar-refractivity contribution >= 4 is 44.7 Å². The van der Waals surface area contributed by atoms with Gasteiger partial charge in [-0.25, -0.2) is 18.2 Å². The molecule has 0 spiro atoms. The molecule has 8 rings (SSSR count). The number of ether oxygens (including phenoxy) is 4. The molecule has 17 heteroatoms. The maximum Gasteiger partial charge on any atom is 0.408 e. The van der Waals surface area contributed by atoms with Crippen LogP contribution in [0.15, 0.2) is 36.9 Å². The van der Waals surface area contributed by atoms with E-state index in [4.69, 9.17) is 23.9 Å². The second-order valence-electron chi connectivity index (χ2n) is 19.4. The lowest BCUT2D eigenvalue weighted by atomic mass is 9.85. The first-order valence-electron chi connectivity index (χ1n) is 22.3. The van der Waals surface area contributed by atoms with Crippen LogP contribution in [0.1, 0.15) is 91.0 Å². The summed E-state index contributed by atoms with van der Waals surface area (Å²) in [5, 5.41) is 6.56. The molecule has 2 aromatic rings. The Bertz CT molecular complexity index is 2190. The first-order valence-corrected chi connectivity index (χ1v) is 23.8. The maximum absolute atomic E-state index is 14.9. The van der Waals surface area contributed by atoms with Crippen molar-refractivity contribution in [1.29, 1.82) is 0 Å². The number of rotatable bonds is 10. The Hall–Kier alpha value is -4.48. The molecule has 3 aliphatic heterocycles. The van der Waals surface area contributed by atoms with E-state index < -0.39 is 73.6 Å². The third-order valence-electron chi connectivity index (χ3n) is 13.7. The highest BCUT2D eigenvalue weighted by molar-refractivity contribution is 7.91. The molecule has 3 N–H and O–H groups in total. The maximum atomic E-state index is 14.9. The summed E-state index contributed by atoms with van der Waals surface area (Å²) in [5.41, 5.74) is -0.890. The number of hydrogen-bond donors (Lipinski definition) is 3. The van der Waals surface area contributed by atoms with E-state index in [1.165, 1.54) is 11.0 Å². The van der Waals surface area contributed by atoms with E-state index >= 15 is 0 Å². The number of carbonyl (C=O) groups excluding carboxylic acids is 4. The van der Waals surface area contributed by atoms with E-state index in [2.05, 4.69) is 26.8 Å². The van der Waals surface area contributed by atoms with Crippen molar-refractivity contribution in [2.75, 3.05) is 46.0 Å². The van der Waals surface area contributed by atoms with Crippen LogP contribution < -0.4 is 24.8 Å². The first-order chi connectivity index (χ1) is 29.5. The number of nitrogens with one attached hydrogen (secondary N) is 3. The molecule has 16 nitrogen and oxygen atoms in total. The van der Waals surface area contributed by atoms with Crippen molar-refractivity contribution in [2.45, 2.75) is 126 Å². The summed E-state index contributed by atoms with van der Waals surface area (Å²) < 4.78 is 52.4. The Morgan fingerprint density at radius 2 is 1.84 bits per heavy atom. The zero-order valence-electron chi connectivity index (χ0n) is 36.4. The fraction of sp³-hybridized carbons (Fsp3) is 0.667. The third-order valence-corrected chi connectivity index (χ3v) is 15.8. The van der Waals surface area contributed by atoms with Crippen molar-refractivity contribution in [1.82, 2.24) is 30.1 Å². The van der Waals surface area contributed by atoms with Crippen LogP contribution in [0.4, 0.5) is 4.79 Å². The monoisotopic (exact) mass is 878 g/mol. The van der Waals surface area contributed by atoms with Crippen molar-refractivity contribution in [2.24, 2.45) is 17.3 Å². The molecule has 7 atom stereocenters. The minimum atomic E-state index is -4.01. The number of nitrogens with zero attached hydrogens (tertiary/aromatic N) is 3. The quantitative estimate of drug-likeness (QED) is 0.291. The van der Waals surface area contributed by atoms with Gasteiger partial charge in [-0.05, 0) is 75.3 Å². The zero-order valence-corrected chi connectivity index (χ0v) is 37.2. The van der Waals surface area contributed by atoms with E-state index in [9.17, 15) is 27.6 Å². The average molecular weight is 879 g/mol. The number of alkyl carbamates (subject to hydrolysis) is 1. The molecule has 3 aliphatic carbocycles. The highest BCUT2D eigenvalue weighted by Gasteiger charge is 2.63. The van der Waals surface area contributed by atoms with Gasteiger partial charge in [0.2, 0.25) is 27.7 Å². The van der Waals surface area contributed by atoms with Crippen molar-refractivity contribution < 1.29 is 46.5 Å². The molecule has 0 radical (unpaired) electrons. The highest BCUT2D eigenvalue weighted by atomic mass is 32.2. The Kier molecular flexibility index (Phi) is 12.3. The standard InChI is InChI=1S/C45H62N6O10S/c1-6-29-26-45(29,41(54)49-62(56,57)44(5)16-17-44)48-38(52)34-25-30-27-51(34)40(53)37(43(2,3)4)47-42(55)61-35-24-28(35)12-8-7-9-14-32-36(59-23-20-50-18-21-58-22-19-50)31-13-10-11-15-33(31)46-39(32)60-30/h6,10-11,13,15,28-30,34-35,37H,1,7-9,12,14,16-27H2,2-5H3,(H,47,55)(H,48,52)(H,49,54)/t28-,29-,30-,34+,35-,37-,45-/m1/s1. The molecular weight excluding hydrogens is 817 g/mol. The number of amides is 4. The van der Waals surface area contributed by atoms with Crippen LogP contribution in [0.5, 0.6) is 11.6 Å². The van der Waals surface area contributed by atoms with Gasteiger partial charge in [-0.1, -0.05) is 51.8 Å². The molecule has 2 saturated heterocycles. The summed E-state index contributed by atoms with van der Waals surface area (Å²) in [6.45, 7) is 15.0. The smallest absolute Gasteiger partial charge is 0.408 e. The van der Waals surface area contributed by atoms with Gasteiger partial charge in [0.25, 0.3) is 5.91 Å². The Morgan fingerprint density at radius 1 is 1.08 bits per heavy atom. The number of benzene rings is 1. The van der Waals surface area contributed by atoms with Crippen LogP contribution in [0.25, 0.3) is 10.9 Å². The van der Waals surface area contributed by atoms with Crippen LogP contribution in [-0.2, 0) is 40.3 Å². The van der Waals surface area contributed by atoms with Crippen LogP contribution in [0, 0.1) is 17.3 Å². The number of fused-ring (bicyclic) bond motifs is 5. The van der Waals surface area contributed by atoms with Crippen LogP contribution in [0.3, 0.4) is 0 Å². The largest absolute Gasteiger partial charge is 0.491 e. The van der Waals surface area contributed by atoms with Gasteiger partial charge in [0.05, 0.1) is 35.6 Å². The fourth-order valence-electron chi connectivity index (χ4n) is 9.09. The number of sulfonamides is 1. The number of morpholine rings is 1. The number of aromatic nitrogens is 1. The van der Waals surface area contributed by atoms with Gasteiger partial charge < -0.3 is 34.5 Å². The third kappa shape index (κ3) is 9.26. The number of hydrogen-bond acceptors (Lipinski definition) is 12. The van der Waals surface area contributed by atoms with Gasteiger partial charge >= 0.3 is 6.09 Å². The molecule has 338 valence electrons. The lowest BCUT2D eigenvalue weighted by Crippen LogP contribution is -2.60. The zero-order chi connectivity index (χ0) is 44.0. The van der Waals surface area contributed by atoms with Crippen molar-refractivity contribution in [3.05, 3.63) is 42.5 Å². The van der Waals surface area contributed by atoms with Gasteiger partial charge in [0.1, 0.15) is 42.2 Å². The van der Waals surface area contributed by atoms with E-state index in [-0.39, 0.29) is 31.4 Å². The molecule has 5 fully saturated rings. The summed E-state index contributed by atoms with van der Waals surface area (Å²) >= 11 is 0. The fourth-order valence-corrected chi connectivity index (χ4v) is 10.4. The highest BCUT2D eigenvalue weighted by Crippen LogP contribution is 2.47. The summed E-state index contributed by atoms with van der Waals surface area (Å²) in [7, 11) is -4.01. The molecule has 4 amide bonds. The van der Waals surface area contributed by atoms with Crippen molar-refractivity contribution in [3.8, 4) is 11.6 Å². The van der Waals surface area contributed by atoms with Crippen LogP contribution in [0.2, 0.25) is 0 Å². The Morgan fingerprint density at radius 3 is 2.55 bits per heavy atom. The summed E-state index contributed by atoms with van der Waals surface area (Å²) in [5.74, 6) is -1.25. The van der Waals surface area contributed by atoms with Gasteiger partial charge in [-0.2, -0.15) is 0 Å². The molecule has 62 heavy (non-hydrogen) atoms. The van der Waals surface area contributed by atoms with Gasteiger partial charge in [0.15, 0.2) is 0 Å². The van der Waals surface area contributed by atoms with Crippen LogP contribution in [-0.4, -0.2) is 128 Å². The summed E-state index contributed by atoms with van der Waals surface area (Å²) in [6, 6.07) is 5.52. The molecule has 1 aromatic heterocycles. The summed E-state index contributed by atoms with van der Waals surface area (Å²) in [4.78, 5) is 65.4. The number of pyridine rings is 1. The molecular formula is C45H62N6O10S. The van der Waals surface area contributed by atoms with Gasteiger partial charge in [-0.3, -0.25) is 24.0 Å². The topological polar surface area (TPSA) is 195 Å². The predicted octanol–water partition coefficient (Wildman–Crippen LogP) is 4.00. The molecule has 2 bridgehead atoms. The van der Waals surface area contributed by atoms with E-state index in [1.54, 1.807) is 6.92 Å². The van der Waals surface area contributed by atoms with E-state index in [0.717, 1.165) is 62.7 Å². The Balaban J connectivity index is 1.12. The molecule has 0 unspecified atom stereocenters. The van der Waals surface area contributed by atoms with Crippen LogP contribution >= 0.6 is 0 Å². The molecule has 4 heterocycles. The average Bonchev–Trinajstić information content (AvgIpc) is 4.19. The normalized spacial score (nSPS) is 30.2. The Labute approximate surface area is 364 Å². The minimum Gasteiger partial charge on any atom is -0.491 e. The van der Waals surface area contributed by atoms with E-state index in [0.29, 0.717) is 56.2 Å². The molecule has 6 aliphatic rings. The minimum absolute atomic E-state index is 0.0244. The SMILES string of the molecule is C=C[C@@H]1C[C@]1(NC(=O)[C@@H]1C[C@@H]2CN1C(=O)[C@H](C(C)(C)C)NC(=O)O[C@@H]1C[C@H]1CCCCCc1c(nc3ccccc3c1OCCN1CCOCC1)O2)C(=O)NS(=O)(=O)C1(C)CC1. The van der Waals surface area contributed by atoms with Crippen molar-refractivity contribution in [3.63, 3.8) is 0 Å². The van der Waals surface area contributed by atoms with E-state index in [1.807, 2.05) is 45.0 Å². The van der Waals surface area contributed by atoms with Gasteiger partial charge in [-0.15, -0.1) is 6.58 Å².